The van der Waals surface area contributed by atoms with E-state index in [2.05, 4.69) is 0 Å². The third-order valence-corrected chi connectivity index (χ3v) is 3.75. The third-order valence-electron chi connectivity index (χ3n) is 3.35. The van der Waals surface area contributed by atoms with Crippen LogP contribution in [-0.2, 0) is 17.5 Å². The fourth-order valence-corrected chi connectivity index (χ4v) is 2.72. The molecule has 0 saturated heterocycles. The zero-order chi connectivity index (χ0) is 13.9. The Labute approximate surface area is 115 Å². The quantitative estimate of drug-likeness (QED) is 0.735. The number of halogens is 4. The first-order chi connectivity index (χ1) is 8.95. The Hall–Kier alpha value is -0.740. The lowest BCUT2D eigenvalue weighted by Crippen LogP contribution is -2.08. The molecule has 0 spiro atoms. The van der Waals surface area contributed by atoms with Gasteiger partial charge in [-0.25, -0.2) is 0 Å². The SMILES string of the molecule is FC(F)(F)c1cccc(COC[C@H]2CC[C@@H](Cl)C2)c1. The van der Waals surface area contributed by atoms with Crippen LogP contribution in [0.15, 0.2) is 24.3 Å². The van der Waals surface area contributed by atoms with Gasteiger partial charge < -0.3 is 4.74 Å². The molecule has 0 amide bonds. The van der Waals surface area contributed by atoms with E-state index >= 15 is 0 Å². The van der Waals surface area contributed by atoms with Gasteiger partial charge in [0, 0.05) is 12.0 Å². The molecule has 1 aromatic carbocycles. The Morgan fingerprint density at radius 3 is 2.68 bits per heavy atom. The van der Waals surface area contributed by atoms with E-state index < -0.39 is 11.7 Å². The number of ether oxygens (including phenoxy) is 1. The molecule has 1 nitrogen and oxygen atoms in total. The van der Waals surface area contributed by atoms with Crippen LogP contribution in [0.5, 0.6) is 0 Å². The number of hydrogen-bond acceptors (Lipinski definition) is 1. The van der Waals surface area contributed by atoms with Gasteiger partial charge in [0.25, 0.3) is 0 Å². The molecule has 0 heterocycles. The molecule has 2 atom stereocenters. The van der Waals surface area contributed by atoms with E-state index in [0.29, 0.717) is 18.1 Å². The van der Waals surface area contributed by atoms with Gasteiger partial charge in [-0.15, -0.1) is 11.6 Å². The molecule has 0 radical (unpaired) electrons. The summed E-state index contributed by atoms with van der Waals surface area (Å²) in [6, 6.07) is 5.26. The van der Waals surface area contributed by atoms with E-state index in [1.54, 1.807) is 6.07 Å². The molecule has 0 aromatic heterocycles. The van der Waals surface area contributed by atoms with Gasteiger partial charge in [-0.2, -0.15) is 13.2 Å². The van der Waals surface area contributed by atoms with Crippen LogP contribution in [-0.4, -0.2) is 12.0 Å². The average Bonchev–Trinajstić information content (AvgIpc) is 2.74. The highest BCUT2D eigenvalue weighted by Crippen LogP contribution is 2.31. The average molecular weight is 293 g/mol. The zero-order valence-corrected chi connectivity index (χ0v) is 11.2. The van der Waals surface area contributed by atoms with E-state index in [-0.39, 0.29) is 12.0 Å². The monoisotopic (exact) mass is 292 g/mol. The number of benzene rings is 1. The summed E-state index contributed by atoms with van der Waals surface area (Å²) in [5, 5.41) is 0.224. The van der Waals surface area contributed by atoms with E-state index in [9.17, 15) is 13.2 Å². The smallest absolute Gasteiger partial charge is 0.376 e. The largest absolute Gasteiger partial charge is 0.416 e. The van der Waals surface area contributed by atoms with Crippen molar-refractivity contribution in [2.45, 2.75) is 37.4 Å². The standard InChI is InChI=1S/C14H16ClF3O/c15-13-5-4-11(7-13)9-19-8-10-2-1-3-12(6-10)14(16,17)18/h1-3,6,11,13H,4-5,7-9H2/t11-,13+/m0/s1. The molecule has 5 heteroatoms. The van der Waals surface area contributed by atoms with Crippen molar-refractivity contribution >= 4 is 11.6 Å². The highest BCUT2D eigenvalue weighted by atomic mass is 35.5. The second-order valence-corrected chi connectivity index (χ2v) is 5.61. The molecule has 1 aliphatic carbocycles. The van der Waals surface area contributed by atoms with Crippen LogP contribution in [0.4, 0.5) is 13.2 Å². The van der Waals surface area contributed by atoms with Gasteiger partial charge in [-0.3, -0.25) is 0 Å². The van der Waals surface area contributed by atoms with Crippen molar-refractivity contribution in [3.8, 4) is 0 Å². The molecule has 0 bridgehead atoms. The minimum Gasteiger partial charge on any atom is -0.376 e. The van der Waals surface area contributed by atoms with Crippen molar-refractivity contribution in [2.24, 2.45) is 5.92 Å². The van der Waals surface area contributed by atoms with Gasteiger partial charge >= 0.3 is 6.18 Å². The van der Waals surface area contributed by atoms with Gasteiger partial charge in [-0.05, 0) is 42.9 Å². The highest BCUT2D eigenvalue weighted by Gasteiger charge is 2.30. The van der Waals surface area contributed by atoms with Gasteiger partial charge in [0.15, 0.2) is 0 Å². The minimum atomic E-state index is -4.30. The van der Waals surface area contributed by atoms with E-state index in [1.807, 2.05) is 0 Å². The summed E-state index contributed by atoms with van der Waals surface area (Å²) in [5.41, 5.74) is -0.0782. The van der Waals surface area contributed by atoms with E-state index in [1.165, 1.54) is 6.07 Å². The molecule has 1 fully saturated rings. The lowest BCUT2D eigenvalue weighted by Gasteiger charge is -2.11. The topological polar surface area (TPSA) is 9.23 Å². The van der Waals surface area contributed by atoms with Crippen LogP contribution in [0.25, 0.3) is 0 Å². The molecule has 1 saturated carbocycles. The summed E-state index contributed by atoms with van der Waals surface area (Å²) in [6.07, 6.45) is -1.33. The lowest BCUT2D eigenvalue weighted by atomic mass is 10.1. The molecular weight excluding hydrogens is 277 g/mol. The summed E-state index contributed by atoms with van der Waals surface area (Å²) in [7, 11) is 0. The first-order valence-electron chi connectivity index (χ1n) is 6.33. The second-order valence-electron chi connectivity index (χ2n) is 4.99. The van der Waals surface area contributed by atoms with Crippen LogP contribution in [0, 0.1) is 5.92 Å². The van der Waals surface area contributed by atoms with E-state index in [4.69, 9.17) is 16.3 Å². The van der Waals surface area contributed by atoms with Crippen LogP contribution in [0.1, 0.15) is 30.4 Å². The second kappa shape index (κ2) is 6.14. The maximum absolute atomic E-state index is 12.5. The maximum atomic E-state index is 12.5. The summed E-state index contributed by atoms with van der Waals surface area (Å²) in [5.74, 6) is 0.438. The Balaban J connectivity index is 1.83. The molecule has 1 aliphatic rings. The van der Waals surface area contributed by atoms with Gasteiger partial charge in [-0.1, -0.05) is 12.1 Å². The van der Waals surface area contributed by atoms with Gasteiger partial charge in [0.2, 0.25) is 0 Å². The predicted molar refractivity (Wildman–Crippen MR) is 68.1 cm³/mol. The predicted octanol–water partition coefficient (Wildman–Crippen LogP) is 4.63. The molecule has 0 N–H and O–H groups in total. The summed E-state index contributed by atoms with van der Waals surface area (Å²) in [6.45, 7) is 0.785. The Bertz CT molecular complexity index is 419. The van der Waals surface area contributed by atoms with Gasteiger partial charge in [0.1, 0.15) is 0 Å². The van der Waals surface area contributed by atoms with Crippen LogP contribution in [0.3, 0.4) is 0 Å². The molecule has 1 aromatic rings. The van der Waals surface area contributed by atoms with Crippen LogP contribution >= 0.6 is 11.6 Å². The van der Waals surface area contributed by atoms with Crippen molar-refractivity contribution in [3.63, 3.8) is 0 Å². The van der Waals surface area contributed by atoms with Crippen molar-refractivity contribution in [2.75, 3.05) is 6.61 Å². The van der Waals surface area contributed by atoms with E-state index in [0.717, 1.165) is 31.4 Å². The summed E-state index contributed by atoms with van der Waals surface area (Å²) >= 11 is 5.99. The van der Waals surface area contributed by atoms with Crippen LogP contribution in [0.2, 0.25) is 0 Å². The molecular formula is C14H16ClF3O. The third kappa shape index (κ3) is 4.39. The number of hydrogen-bond donors (Lipinski definition) is 0. The Morgan fingerprint density at radius 1 is 1.26 bits per heavy atom. The van der Waals surface area contributed by atoms with Crippen molar-refractivity contribution in [1.82, 2.24) is 0 Å². The first kappa shape index (κ1) is 14.7. The minimum absolute atomic E-state index is 0.216. The Morgan fingerprint density at radius 2 is 2.05 bits per heavy atom. The fourth-order valence-electron chi connectivity index (χ4n) is 2.35. The van der Waals surface area contributed by atoms with Crippen molar-refractivity contribution in [1.29, 1.82) is 0 Å². The molecule has 106 valence electrons. The highest BCUT2D eigenvalue weighted by molar-refractivity contribution is 6.20. The molecule has 0 unspecified atom stereocenters. The van der Waals surface area contributed by atoms with Gasteiger partial charge in [0.05, 0.1) is 12.2 Å². The lowest BCUT2D eigenvalue weighted by molar-refractivity contribution is -0.137. The van der Waals surface area contributed by atoms with Crippen molar-refractivity contribution in [3.05, 3.63) is 35.4 Å². The fraction of sp³-hybridized carbons (Fsp3) is 0.571. The first-order valence-corrected chi connectivity index (χ1v) is 6.77. The molecule has 2 rings (SSSR count). The summed E-state index contributed by atoms with van der Waals surface area (Å²) in [4.78, 5) is 0. The molecule has 0 aliphatic heterocycles. The molecule has 19 heavy (non-hydrogen) atoms. The Kier molecular flexibility index (Phi) is 4.74. The van der Waals surface area contributed by atoms with Crippen molar-refractivity contribution < 1.29 is 17.9 Å². The zero-order valence-electron chi connectivity index (χ0n) is 10.4. The number of rotatable bonds is 4. The van der Waals surface area contributed by atoms with Crippen LogP contribution < -0.4 is 0 Å². The summed E-state index contributed by atoms with van der Waals surface area (Å²) < 4.78 is 43.1. The maximum Gasteiger partial charge on any atom is 0.416 e. The normalized spacial score (nSPS) is 23.8. The number of alkyl halides is 4.